The lowest BCUT2D eigenvalue weighted by Crippen LogP contribution is -2.34. The highest BCUT2D eigenvalue weighted by Gasteiger charge is 2.19. The molecule has 0 atom stereocenters. The smallest absolute Gasteiger partial charge is 0.251 e. The van der Waals surface area contributed by atoms with Crippen LogP contribution in [0.15, 0.2) is 48.5 Å². The summed E-state index contributed by atoms with van der Waals surface area (Å²) >= 11 is 0. The molecule has 160 valence electrons. The number of nitrogens with one attached hydrogen (secondary N) is 2. The molecule has 0 heterocycles. The average molecular weight is 410 g/mol. The van der Waals surface area contributed by atoms with Crippen LogP contribution in [0.1, 0.15) is 48.0 Å². The van der Waals surface area contributed by atoms with E-state index in [9.17, 15) is 9.59 Å². The molecule has 0 aliphatic heterocycles. The molecule has 0 saturated heterocycles. The van der Waals surface area contributed by atoms with Gasteiger partial charge in [-0.25, -0.2) is 0 Å². The van der Waals surface area contributed by atoms with Crippen LogP contribution in [-0.2, 0) is 11.3 Å². The summed E-state index contributed by atoms with van der Waals surface area (Å²) in [5.41, 5.74) is 2.36. The number of amides is 2. The fraction of sp³-hybridized carbons (Fsp3) is 0.417. The van der Waals surface area contributed by atoms with Crippen LogP contribution in [0.25, 0.3) is 0 Å². The minimum absolute atomic E-state index is 0.0857. The third-order valence-electron chi connectivity index (χ3n) is 5.67. The van der Waals surface area contributed by atoms with E-state index in [2.05, 4.69) is 22.6 Å². The van der Waals surface area contributed by atoms with Gasteiger partial charge in [0.15, 0.2) is 0 Å². The van der Waals surface area contributed by atoms with E-state index in [1.165, 1.54) is 32.1 Å². The van der Waals surface area contributed by atoms with Crippen molar-refractivity contribution in [3.63, 3.8) is 0 Å². The number of nitrogens with zero attached hydrogens (tertiary/aromatic N) is 1. The van der Waals surface area contributed by atoms with Crippen LogP contribution >= 0.6 is 0 Å². The number of rotatable bonds is 8. The molecule has 30 heavy (non-hydrogen) atoms. The Morgan fingerprint density at radius 1 is 1.03 bits per heavy atom. The summed E-state index contributed by atoms with van der Waals surface area (Å²) in [5, 5.41) is 5.61. The Bertz CT molecular complexity index is 845. The van der Waals surface area contributed by atoms with Gasteiger partial charge in [-0.2, -0.15) is 0 Å². The summed E-state index contributed by atoms with van der Waals surface area (Å²) < 4.78 is 5.09. The number of hydrogen-bond donors (Lipinski definition) is 2. The van der Waals surface area contributed by atoms with Crippen LogP contribution < -0.4 is 15.4 Å². The van der Waals surface area contributed by atoms with E-state index in [1.54, 1.807) is 31.4 Å². The van der Waals surface area contributed by atoms with E-state index in [-0.39, 0.29) is 18.4 Å². The Morgan fingerprint density at radius 2 is 1.73 bits per heavy atom. The standard InChI is InChI=1S/C24H31N3O3/c1-27(20-9-4-3-5-10-20)17-19-8-6-7-11-22(19)26-23(28)16-25-24(29)18-12-14-21(30-2)15-13-18/h6-8,11-15,20H,3-5,9-10,16-17H2,1-2H3,(H,25,29)(H,26,28). The monoisotopic (exact) mass is 409 g/mol. The largest absolute Gasteiger partial charge is 0.497 e. The molecule has 0 bridgehead atoms. The second kappa shape index (κ2) is 10.8. The highest BCUT2D eigenvalue weighted by molar-refractivity contribution is 5.99. The molecular weight excluding hydrogens is 378 g/mol. The number of carbonyl (C=O) groups excluding carboxylic acids is 2. The maximum absolute atomic E-state index is 12.4. The molecule has 1 fully saturated rings. The Hall–Kier alpha value is -2.86. The van der Waals surface area contributed by atoms with Crippen LogP contribution in [0.2, 0.25) is 0 Å². The summed E-state index contributed by atoms with van der Waals surface area (Å²) in [7, 11) is 3.73. The minimum Gasteiger partial charge on any atom is -0.497 e. The van der Waals surface area contributed by atoms with Crippen LogP contribution in [-0.4, -0.2) is 43.5 Å². The number of hydrogen-bond acceptors (Lipinski definition) is 4. The molecule has 0 spiro atoms. The van der Waals surface area contributed by atoms with Crippen LogP contribution in [0.4, 0.5) is 5.69 Å². The average Bonchev–Trinajstić information content (AvgIpc) is 2.79. The Morgan fingerprint density at radius 3 is 2.43 bits per heavy atom. The maximum Gasteiger partial charge on any atom is 0.251 e. The van der Waals surface area contributed by atoms with Crippen molar-refractivity contribution in [2.24, 2.45) is 0 Å². The van der Waals surface area contributed by atoms with Gasteiger partial charge in [-0.05, 0) is 55.8 Å². The number of benzene rings is 2. The van der Waals surface area contributed by atoms with Crippen LogP contribution in [0.5, 0.6) is 5.75 Å². The highest BCUT2D eigenvalue weighted by Crippen LogP contribution is 2.24. The Labute approximate surface area is 178 Å². The van der Waals surface area contributed by atoms with Gasteiger partial charge in [0.25, 0.3) is 5.91 Å². The zero-order valence-electron chi connectivity index (χ0n) is 17.8. The van der Waals surface area contributed by atoms with Crippen molar-refractivity contribution in [3.8, 4) is 5.75 Å². The van der Waals surface area contributed by atoms with Crippen molar-refractivity contribution in [2.75, 3.05) is 26.0 Å². The third kappa shape index (κ3) is 6.07. The molecule has 6 nitrogen and oxygen atoms in total. The molecule has 2 N–H and O–H groups in total. The van der Waals surface area contributed by atoms with Gasteiger partial charge in [0.1, 0.15) is 5.75 Å². The van der Waals surface area contributed by atoms with E-state index >= 15 is 0 Å². The summed E-state index contributed by atoms with van der Waals surface area (Å²) in [6.45, 7) is 0.705. The van der Waals surface area contributed by atoms with Crippen molar-refractivity contribution < 1.29 is 14.3 Å². The first kappa shape index (κ1) is 21.8. The topological polar surface area (TPSA) is 70.7 Å². The molecule has 0 unspecified atom stereocenters. The van der Waals surface area contributed by atoms with E-state index in [1.807, 2.05) is 24.3 Å². The van der Waals surface area contributed by atoms with Gasteiger partial charge in [0.2, 0.25) is 5.91 Å². The lowest BCUT2D eigenvalue weighted by atomic mass is 9.94. The molecule has 0 radical (unpaired) electrons. The second-order valence-electron chi connectivity index (χ2n) is 7.82. The molecule has 1 aliphatic carbocycles. The van der Waals surface area contributed by atoms with Crippen LogP contribution in [0, 0.1) is 0 Å². The quantitative estimate of drug-likeness (QED) is 0.695. The minimum atomic E-state index is -0.293. The molecule has 3 rings (SSSR count). The molecule has 1 saturated carbocycles. The number of para-hydroxylation sites is 1. The normalized spacial score (nSPS) is 14.4. The predicted molar refractivity (Wildman–Crippen MR) is 119 cm³/mol. The lowest BCUT2D eigenvalue weighted by molar-refractivity contribution is -0.115. The zero-order chi connectivity index (χ0) is 21.3. The highest BCUT2D eigenvalue weighted by atomic mass is 16.5. The first-order valence-corrected chi connectivity index (χ1v) is 10.6. The molecular formula is C24H31N3O3. The van der Waals surface area contributed by atoms with Crippen LogP contribution in [0.3, 0.4) is 0 Å². The number of carbonyl (C=O) groups is 2. The number of methoxy groups -OCH3 is 1. The molecule has 1 aliphatic rings. The first-order valence-electron chi connectivity index (χ1n) is 10.6. The summed E-state index contributed by atoms with van der Waals surface area (Å²) in [5.74, 6) is 0.141. The Balaban J connectivity index is 1.53. The van der Waals surface area contributed by atoms with E-state index < -0.39 is 0 Å². The van der Waals surface area contributed by atoms with Gasteiger partial charge in [-0.1, -0.05) is 37.5 Å². The number of ether oxygens (including phenoxy) is 1. The predicted octanol–water partition coefficient (Wildman–Crippen LogP) is 3.83. The van der Waals surface area contributed by atoms with E-state index in [0.29, 0.717) is 17.4 Å². The summed E-state index contributed by atoms with van der Waals surface area (Å²) in [4.78, 5) is 27.1. The summed E-state index contributed by atoms with van der Waals surface area (Å²) in [6, 6.07) is 15.2. The lowest BCUT2D eigenvalue weighted by Gasteiger charge is -2.31. The van der Waals surface area contributed by atoms with E-state index in [4.69, 9.17) is 4.74 Å². The molecule has 2 amide bonds. The van der Waals surface area contributed by atoms with Gasteiger partial charge >= 0.3 is 0 Å². The van der Waals surface area contributed by atoms with Gasteiger partial charge in [-0.3, -0.25) is 14.5 Å². The van der Waals surface area contributed by atoms with Gasteiger partial charge in [0.05, 0.1) is 13.7 Å². The Kier molecular flexibility index (Phi) is 7.85. The SMILES string of the molecule is COc1ccc(C(=O)NCC(=O)Nc2ccccc2CN(C)C2CCCCC2)cc1. The fourth-order valence-electron chi connectivity index (χ4n) is 3.90. The zero-order valence-corrected chi connectivity index (χ0v) is 17.8. The van der Waals surface area contributed by atoms with Crippen molar-refractivity contribution in [2.45, 2.75) is 44.7 Å². The van der Waals surface area contributed by atoms with E-state index in [0.717, 1.165) is 17.8 Å². The first-order chi connectivity index (χ1) is 14.6. The molecule has 6 heteroatoms. The second-order valence-corrected chi connectivity index (χ2v) is 7.82. The van der Waals surface area contributed by atoms with Gasteiger partial charge in [0, 0.05) is 23.8 Å². The van der Waals surface area contributed by atoms with Crippen molar-refractivity contribution in [1.29, 1.82) is 0 Å². The summed E-state index contributed by atoms with van der Waals surface area (Å²) in [6.07, 6.45) is 6.40. The van der Waals surface area contributed by atoms with Crippen molar-refractivity contribution in [1.82, 2.24) is 10.2 Å². The molecule has 0 aromatic heterocycles. The number of anilines is 1. The van der Waals surface area contributed by atoms with Crippen molar-refractivity contribution >= 4 is 17.5 Å². The molecule has 2 aromatic carbocycles. The molecule has 2 aromatic rings. The third-order valence-corrected chi connectivity index (χ3v) is 5.67. The van der Waals surface area contributed by atoms with Crippen molar-refractivity contribution in [3.05, 3.63) is 59.7 Å². The fourth-order valence-corrected chi connectivity index (χ4v) is 3.90. The van der Waals surface area contributed by atoms with Gasteiger partial charge < -0.3 is 15.4 Å². The van der Waals surface area contributed by atoms with Gasteiger partial charge in [-0.15, -0.1) is 0 Å². The maximum atomic E-state index is 12.4.